The number of aliphatic carboxylic acids is 1. The van der Waals surface area contributed by atoms with E-state index in [2.05, 4.69) is 20.8 Å². The van der Waals surface area contributed by atoms with Crippen molar-refractivity contribution in [2.75, 3.05) is 32.8 Å². The zero-order chi connectivity index (χ0) is 22.6. The smallest absolute Gasteiger partial charge is 0.327 e. The van der Waals surface area contributed by atoms with E-state index in [1.807, 2.05) is 6.92 Å². The Morgan fingerprint density at radius 1 is 1.10 bits per heavy atom. The second-order valence-corrected chi connectivity index (χ2v) is 9.36. The first kappa shape index (κ1) is 26.4. The minimum Gasteiger partial charge on any atom is -0.481 e. The van der Waals surface area contributed by atoms with Gasteiger partial charge in [0.2, 0.25) is 5.91 Å². The van der Waals surface area contributed by atoms with Crippen LogP contribution in [0.5, 0.6) is 0 Å². The SMILES string of the molecule is CCN1CC(=O)N(CCC(C)(C)CCCCOCCCCC(C)CCC(=O)O)C1=O. The number of likely N-dealkylation sites (N-methyl/N-ethyl adjacent to an activating group) is 1. The molecule has 3 amide bonds. The quantitative estimate of drug-likeness (QED) is 0.272. The normalized spacial score (nSPS) is 15.9. The van der Waals surface area contributed by atoms with Gasteiger partial charge in [0, 0.05) is 32.7 Å². The van der Waals surface area contributed by atoms with Gasteiger partial charge in [-0.25, -0.2) is 4.79 Å². The van der Waals surface area contributed by atoms with Crippen LogP contribution in [0.3, 0.4) is 0 Å². The zero-order valence-corrected chi connectivity index (χ0v) is 19.5. The maximum Gasteiger partial charge on any atom is 0.327 e. The van der Waals surface area contributed by atoms with Crippen molar-refractivity contribution in [1.82, 2.24) is 9.80 Å². The highest BCUT2D eigenvalue weighted by Gasteiger charge is 2.35. The van der Waals surface area contributed by atoms with Crippen LogP contribution in [0.2, 0.25) is 0 Å². The summed E-state index contributed by atoms with van der Waals surface area (Å²) >= 11 is 0. The molecule has 174 valence electrons. The Kier molecular flexibility index (Phi) is 12.0. The van der Waals surface area contributed by atoms with Crippen LogP contribution in [-0.4, -0.2) is 65.7 Å². The van der Waals surface area contributed by atoms with Gasteiger partial charge in [0.05, 0.1) is 0 Å². The standard InChI is InChI=1S/C23H42N2O5/c1-5-24-18-20(26)25(22(24)29)15-14-23(3,4)13-7-9-17-30-16-8-6-10-19(2)11-12-21(27)28/h19H,5-18H2,1-4H3,(H,27,28). The first-order valence-corrected chi connectivity index (χ1v) is 11.5. The number of carbonyl (C=O) groups excluding carboxylic acids is 2. The predicted octanol–water partition coefficient (Wildman–Crippen LogP) is 4.54. The Bertz CT molecular complexity index is 550. The third-order valence-corrected chi connectivity index (χ3v) is 6.00. The van der Waals surface area contributed by atoms with Crippen molar-refractivity contribution in [1.29, 1.82) is 0 Å². The molecule has 0 radical (unpaired) electrons. The highest BCUT2D eigenvalue weighted by Crippen LogP contribution is 2.28. The van der Waals surface area contributed by atoms with Gasteiger partial charge >= 0.3 is 12.0 Å². The number of carboxylic acid groups (broad SMARTS) is 1. The molecule has 0 aromatic heterocycles. The zero-order valence-electron chi connectivity index (χ0n) is 19.5. The second-order valence-electron chi connectivity index (χ2n) is 9.36. The lowest BCUT2D eigenvalue weighted by atomic mass is 9.84. The number of carboxylic acids is 1. The van der Waals surface area contributed by atoms with Gasteiger partial charge in [0.15, 0.2) is 0 Å². The topological polar surface area (TPSA) is 87.2 Å². The van der Waals surface area contributed by atoms with Gasteiger partial charge in [-0.3, -0.25) is 14.5 Å². The maximum absolute atomic E-state index is 12.2. The molecular weight excluding hydrogens is 384 g/mol. The first-order chi connectivity index (χ1) is 14.2. The van der Waals surface area contributed by atoms with E-state index in [9.17, 15) is 14.4 Å². The van der Waals surface area contributed by atoms with E-state index < -0.39 is 5.97 Å². The van der Waals surface area contributed by atoms with Gasteiger partial charge in [-0.1, -0.05) is 40.0 Å². The number of hydrogen-bond acceptors (Lipinski definition) is 4. The van der Waals surface area contributed by atoms with Crippen molar-refractivity contribution in [2.24, 2.45) is 11.3 Å². The molecule has 7 heteroatoms. The maximum atomic E-state index is 12.2. The molecular formula is C23H42N2O5. The lowest BCUT2D eigenvalue weighted by Gasteiger charge is -2.27. The summed E-state index contributed by atoms with van der Waals surface area (Å²) in [5.41, 5.74) is 0.0896. The fourth-order valence-corrected chi connectivity index (χ4v) is 3.72. The summed E-state index contributed by atoms with van der Waals surface area (Å²) in [6, 6.07) is -0.150. The van der Waals surface area contributed by atoms with Crippen LogP contribution in [0.15, 0.2) is 0 Å². The number of ether oxygens (including phenoxy) is 1. The van der Waals surface area contributed by atoms with Gasteiger partial charge in [0.1, 0.15) is 6.54 Å². The average Bonchev–Trinajstić information content (AvgIpc) is 2.96. The molecule has 1 aliphatic rings. The van der Waals surface area contributed by atoms with E-state index in [0.717, 1.165) is 64.6 Å². The number of urea groups is 1. The largest absolute Gasteiger partial charge is 0.481 e. The lowest BCUT2D eigenvalue weighted by molar-refractivity contribution is -0.137. The van der Waals surface area contributed by atoms with Gasteiger partial charge in [-0.15, -0.1) is 0 Å². The van der Waals surface area contributed by atoms with E-state index in [1.165, 1.54) is 4.90 Å². The van der Waals surface area contributed by atoms with Crippen molar-refractivity contribution in [3.63, 3.8) is 0 Å². The summed E-state index contributed by atoms with van der Waals surface area (Å²) < 4.78 is 5.72. The molecule has 0 saturated carbocycles. The van der Waals surface area contributed by atoms with Crippen LogP contribution in [-0.2, 0) is 14.3 Å². The highest BCUT2D eigenvalue weighted by molar-refractivity contribution is 6.01. The van der Waals surface area contributed by atoms with Gasteiger partial charge in [-0.2, -0.15) is 0 Å². The van der Waals surface area contributed by atoms with E-state index in [4.69, 9.17) is 9.84 Å². The molecule has 1 rings (SSSR count). The minimum atomic E-state index is -0.713. The molecule has 0 aliphatic carbocycles. The van der Waals surface area contributed by atoms with Crippen molar-refractivity contribution in [2.45, 2.75) is 85.5 Å². The fourth-order valence-electron chi connectivity index (χ4n) is 3.72. The van der Waals surface area contributed by atoms with Gasteiger partial charge in [-0.05, 0) is 50.4 Å². The lowest BCUT2D eigenvalue weighted by Crippen LogP contribution is -2.35. The molecule has 0 bridgehead atoms. The summed E-state index contributed by atoms with van der Waals surface area (Å²) in [5.74, 6) is -0.337. The number of nitrogens with zero attached hydrogens (tertiary/aromatic N) is 2. The molecule has 1 fully saturated rings. The van der Waals surface area contributed by atoms with E-state index in [1.54, 1.807) is 4.90 Å². The Morgan fingerprint density at radius 2 is 1.77 bits per heavy atom. The number of rotatable bonds is 17. The second kappa shape index (κ2) is 13.6. The predicted molar refractivity (Wildman–Crippen MR) is 117 cm³/mol. The molecule has 1 N–H and O–H groups in total. The number of imide groups is 1. The molecule has 0 aromatic carbocycles. The van der Waals surface area contributed by atoms with Crippen LogP contribution in [0.1, 0.15) is 85.5 Å². The van der Waals surface area contributed by atoms with Crippen LogP contribution in [0.4, 0.5) is 4.79 Å². The Balaban J connectivity index is 2.04. The summed E-state index contributed by atoms with van der Waals surface area (Å²) in [7, 11) is 0. The van der Waals surface area contributed by atoms with Gasteiger partial charge in [0.25, 0.3) is 0 Å². The molecule has 1 unspecified atom stereocenters. The Hall–Kier alpha value is -1.63. The minimum absolute atomic E-state index is 0.0812. The van der Waals surface area contributed by atoms with E-state index in [-0.39, 0.29) is 30.3 Å². The monoisotopic (exact) mass is 426 g/mol. The molecule has 30 heavy (non-hydrogen) atoms. The Morgan fingerprint density at radius 3 is 2.37 bits per heavy atom. The molecule has 0 aromatic rings. The fraction of sp³-hybridized carbons (Fsp3) is 0.870. The molecule has 1 saturated heterocycles. The highest BCUT2D eigenvalue weighted by atomic mass is 16.5. The van der Waals surface area contributed by atoms with Gasteiger partial charge < -0.3 is 14.7 Å². The number of hydrogen-bond donors (Lipinski definition) is 1. The van der Waals surface area contributed by atoms with E-state index in [0.29, 0.717) is 19.0 Å². The Labute approximate surface area is 182 Å². The number of unbranched alkanes of at least 4 members (excludes halogenated alkanes) is 2. The average molecular weight is 427 g/mol. The molecule has 1 aliphatic heterocycles. The van der Waals surface area contributed by atoms with Crippen molar-refractivity contribution >= 4 is 17.9 Å². The summed E-state index contributed by atoms with van der Waals surface area (Å²) in [5, 5.41) is 8.69. The molecule has 1 heterocycles. The van der Waals surface area contributed by atoms with Crippen LogP contribution in [0, 0.1) is 11.3 Å². The van der Waals surface area contributed by atoms with Crippen LogP contribution in [0.25, 0.3) is 0 Å². The number of carbonyl (C=O) groups is 3. The summed E-state index contributed by atoms with van der Waals surface area (Å²) in [4.78, 5) is 37.7. The number of amides is 3. The summed E-state index contributed by atoms with van der Waals surface area (Å²) in [6.45, 7) is 11.2. The summed E-state index contributed by atoms with van der Waals surface area (Å²) in [6.07, 6.45) is 8.13. The van der Waals surface area contributed by atoms with Crippen molar-refractivity contribution in [3.05, 3.63) is 0 Å². The van der Waals surface area contributed by atoms with E-state index >= 15 is 0 Å². The van der Waals surface area contributed by atoms with Crippen molar-refractivity contribution < 1.29 is 24.2 Å². The third-order valence-electron chi connectivity index (χ3n) is 6.00. The van der Waals surface area contributed by atoms with Crippen molar-refractivity contribution in [3.8, 4) is 0 Å². The molecule has 7 nitrogen and oxygen atoms in total. The van der Waals surface area contributed by atoms with Crippen LogP contribution >= 0.6 is 0 Å². The first-order valence-electron chi connectivity index (χ1n) is 11.5. The van der Waals surface area contributed by atoms with Crippen LogP contribution < -0.4 is 0 Å². The third kappa shape index (κ3) is 10.4. The molecule has 0 spiro atoms. The molecule has 1 atom stereocenters.